The zero-order valence-electron chi connectivity index (χ0n) is 7.91. The molecule has 0 aromatic heterocycles. The van der Waals surface area contributed by atoms with Gasteiger partial charge >= 0.3 is 35.5 Å². The monoisotopic (exact) mass is 194 g/mol. The van der Waals surface area contributed by atoms with E-state index in [2.05, 4.69) is 17.9 Å². The van der Waals surface area contributed by atoms with Gasteiger partial charge in [0.2, 0.25) is 0 Å². The summed E-state index contributed by atoms with van der Waals surface area (Å²) in [5.74, 6) is -1.59. The quantitative estimate of drug-likeness (QED) is 0.267. The third kappa shape index (κ3) is 24.6. The number of carbonyl (C=O) groups is 2. The summed E-state index contributed by atoms with van der Waals surface area (Å²) in [6, 6.07) is 0. The number of esters is 1. The van der Waals surface area contributed by atoms with Crippen LogP contribution >= 0.6 is 0 Å². The number of aliphatic carboxylic acids is 1. The van der Waals surface area contributed by atoms with Gasteiger partial charge in [0.15, 0.2) is 0 Å². The number of hydrogen-bond acceptors (Lipinski definition) is 4. The molecule has 4 nitrogen and oxygen atoms in total. The minimum atomic E-state index is -1.23. The molecule has 0 aromatic carbocycles. The zero-order valence-corrected chi connectivity index (χ0v) is 9.91. The van der Waals surface area contributed by atoms with Crippen LogP contribution in [0.1, 0.15) is 6.92 Å². The van der Waals surface area contributed by atoms with Crippen molar-refractivity contribution in [2.24, 2.45) is 0 Å². The fourth-order valence-electron chi connectivity index (χ4n) is 0.201. The maximum atomic E-state index is 10.1. The maximum absolute atomic E-state index is 10.1. The van der Waals surface area contributed by atoms with E-state index in [1.807, 2.05) is 0 Å². The molecule has 13 heavy (non-hydrogen) atoms. The number of carboxylic acids is 1. The van der Waals surface area contributed by atoms with Crippen LogP contribution in [0, 0.1) is 0 Å². The smallest absolute Gasteiger partial charge is 0.545 e. The summed E-state index contributed by atoms with van der Waals surface area (Å²) in [7, 11) is 0. The molecule has 0 atom stereocenters. The van der Waals surface area contributed by atoms with E-state index in [-0.39, 0.29) is 35.5 Å². The molecule has 0 N–H and O–H groups in total. The molecule has 0 saturated carbocycles. The third-order valence-corrected chi connectivity index (χ3v) is 0.620. The first kappa shape index (κ1) is 18.3. The van der Waals surface area contributed by atoms with Crippen molar-refractivity contribution in [2.45, 2.75) is 6.92 Å². The van der Waals surface area contributed by atoms with Crippen LogP contribution < -0.4 is 34.7 Å². The Labute approximate surface area is 99.6 Å². The first-order valence-electron chi connectivity index (χ1n) is 3.21. The van der Waals surface area contributed by atoms with Gasteiger partial charge in [-0.2, -0.15) is 0 Å². The van der Waals surface area contributed by atoms with E-state index in [0.29, 0.717) is 6.61 Å². The zero-order chi connectivity index (χ0) is 9.98. The van der Waals surface area contributed by atoms with E-state index in [1.54, 1.807) is 6.92 Å². The van der Waals surface area contributed by atoms with Crippen LogP contribution in [-0.4, -0.2) is 18.5 Å². The van der Waals surface area contributed by atoms with Crippen molar-refractivity contribution >= 4 is 11.9 Å². The second-order valence-electron chi connectivity index (χ2n) is 1.48. The number of rotatable bonds is 3. The van der Waals surface area contributed by atoms with Gasteiger partial charge in [0.1, 0.15) is 0 Å². The maximum Gasteiger partial charge on any atom is 1.00 e. The van der Waals surface area contributed by atoms with Gasteiger partial charge < -0.3 is 14.6 Å². The molecule has 0 aliphatic rings. The molecule has 0 amide bonds. The fraction of sp³-hybridized carbons (Fsp3) is 0.250. The minimum absolute atomic E-state index is 0. The fourth-order valence-corrected chi connectivity index (χ4v) is 0.201. The van der Waals surface area contributed by atoms with Crippen molar-refractivity contribution in [2.75, 3.05) is 6.61 Å². The van der Waals surface area contributed by atoms with Crippen molar-refractivity contribution in [3.05, 3.63) is 25.3 Å². The van der Waals surface area contributed by atoms with Crippen LogP contribution in [-0.2, 0) is 14.3 Å². The molecule has 0 bridgehead atoms. The van der Waals surface area contributed by atoms with Crippen LogP contribution in [0.4, 0.5) is 0 Å². The summed E-state index contributed by atoms with van der Waals surface area (Å²) < 4.78 is 4.43. The van der Waals surface area contributed by atoms with Crippen LogP contribution in [0.3, 0.4) is 0 Å². The Morgan fingerprint density at radius 3 is 1.85 bits per heavy atom. The predicted octanol–water partition coefficient (Wildman–Crippen LogP) is -3.34. The van der Waals surface area contributed by atoms with Crippen molar-refractivity contribution in [3.63, 3.8) is 0 Å². The molecule has 0 heterocycles. The average molecular weight is 194 g/mol. The average Bonchev–Trinajstić information content (AvgIpc) is 2.06. The standard InChI is InChI=1S/C5H8O2.C3H4O2.Na/c1-3-5(6)7-4-2;1-2-3(4)5;/h3H,1,4H2,2H3;2H,1H2,(H,4,5);/q;;+1/p-1. The van der Waals surface area contributed by atoms with E-state index in [4.69, 9.17) is 9.90 Å². The van der Waals surface area contributed by atoms with Gasteiger partial charge in [0.25, 0.3) is 0 Å². The molecule has 0 spiro atoms. The third-order valence-electron chi connectivity index (χ3n) is 0.620. The molecule has 0 aliphatic heterocycles. The van der Waals surface area contributed by atoms with Crippen molar-refractivity contribution in [3.8, 4) is 0 Å². The number of carbonyl (C=O) groups excluding carboxylic acids is 2. The van der Waals surface area contributed by atoms with E-state index < -0.39 is 5.97 Å². The van der Waals surface area contributed by atoms with Gasteiger partial charge in [0, 0.05) is 6.08 Å². The van der Waals surface area contributed by atoms with Crippen molar-refractivity contribution in [1.29, 1.82) is 0 Å². The summed E-state index contributed by atoms with van der Waals surface area (Å²) in [4.78, 5) is 19.2. The Morgan fingerprint density at radius 1 is 1.38 bits per heavy atom. The number of carboxylic acid groups (broad SMARTS) is 1. The largest absolute Gasteiger partial charge is 1.00 e. The second-order valence-corrected chi connectivity index (χ2v) is 1.48. The summed E-state index contributed by atoms with van der Waals surface area (Å²) in [5.41, 5.74) is 0. The molecular weight excluding hydrogens is 183 g/mol. The van der Waals surface area contributed by atoms with Gasteiger partial charge in [-0.25, -0.2) is 4.79 Å². The van der Waals surface area contributed by atoms with E-state index >= 15 is 0 Å². The van der Waals surface area contributed by atoms with Gasteiger partial charge in [-0.1, -0.05) is 13.2 Å². The molecule has 0 rings (SSSR count). The van der Waals surface area contributed by atoms with Gasteiger partial charge in [0.05, 0.1) is 12.6 Å². The topological polar surface area (TPSA) is 66.4 Å². The van der Waals surface area contributed by atoms with E-state index in [0.717, 1.165) is 12.2 Å². The Balaban J connectivity index is -0.000000150. The molecule has 5 heteroatoms. The Morgan fingerprint density at radius 2 is 1.77 bits per heavy atom. The minimum Gasteiger partial charge on any atom is -0.545 e. The van der Waals surface area contributed by atoms with Crippen molar-refractivity contribution in [1.82, 2.24) is 0 Å². The van der Waals surface area contributed by atoms with Gasteiger partial charge in [-0.15, -0.1) is 0 Å². The second kappa shape index (κ2) is 14.0. The first-order valence-corrected chi connectivity index (χ1v) is 3.21. The molecule has 68 valence electrons. The molecule has 0 saturated heterocycles. The molecular formula is C8H11NaO4. The van der Waals surface area contributed by atoms with Crippen LogP contribution in [0.15, 0.2) is 25.3 Å². The van der Waals surface area contributed by atoms with Gasteiger partial charge in [-0.05, 0) is 13.0 Å². The molecule has 0 aromatic rings. The van der Waals surface area contributed by atoms with Crippen LogP contribution in [0.2, 0.25) is 0 Å². The van der Waals surface area contributed by atoms with E-state index in [9.17, 15) is 4.79 Å². The van der Waals surface area contributed by atoms with Gasteiger partial charge in [-0.3, -0.25) is 0 Å². The van der Waals surface area contributed by atoms with E-state index in [1.165, 1.54) is 0 Å². The van der Waals surface area contributed by atoms with Crippen LogP contribution in [0.5, 0.6) is 0 Å². The normalized spacial score (nSPS) is 6.54. The summed E-state index contributed by atoms with van der Waals surface area (Å²) >= 11 is 0. The molecule has 0 aliphatic carbocycles. The molecule has 0 unspecified atom stereocenters. The number of hydrogen-bond donors (Lipinski definition) is 0. The molecule has 0 radical (unpaired) electrons. The van der Waals surface area contributed by atoms with Crippen molar-refractivity contribution < 1.29 is 49.0 Å². The summed E-state index contributed by atoms with van der Waals surface area (Å²) in [6.45, 7) is 8.28. The van der Waals surface area contributed by atoms with Crippen LogP contribution in [0.25, 0.3) is 0 Å². The SMILES string of the molecule is C=CC(=O)OCC.C=CC(=O)[O-].[Na+]. The first-order chi connectivity index (χ1) is 5.58. The Bertz CT molecular complexity index is 177. The Kier molecular flexibility index (Phi) is 19.6. The summed E-state index contributed by atoms with van der Waals surface area (Å²) in [6.07, 6.45) is 1.86. The number of ether oxygens (including phenoxy) is 1. The molecule has 0 fully saturated rings. The summed E-state index contributed by atoms with van der Waals surface area (Å²) in [5, 5.41) is 9.14. The Hall–Kier alpha value is -0.580. The predicted molar refractivity (Wildman–Crippen MR) is 42.0 cm³/mol.